The summed E-state index contributed by atoms with van der Waals surface area (Å²) in [5.74, 6) is -1.29. The van der Waals surface area contributed by atoms with E-state index in [0.717, 1.165) is 0 Å². The van der Waals surface area contributed by atoms with Gasteiger partial charge in [-0.05, 0) is 32.1 Å². The van der Waals surface area contributed by atoms with Gasteiger partial charge in [-0.15, -0.1) is 0 Å². The van der Waals surface area contributed by atoms with Gasteiger partial charge in [0.05, 0.1) is 17.6 Å². The van der Waals surface area contributed by atoms with E-state index < -0.39 is 16.1 Å². The third-order valence-electron chi connectivity index (χ3n) is 6.14. The Labute approximate surface area is 172 Å². The molecule has 3 atom stereocenters. The van der Waals surface area contributed by atoms with Crippen LogP contribution in [0.2, 0.25) is 0 Å². The molecule has 29 heavy (non-hydrogen) atoms. The number of amides is 3. The lowest BCUT2D eigenvalue weighted by molar-refractivity contribution is -0.152. The number of allylic oxidation sites excluding steroid dienone is 2. The first-order chi connectivity index (χ1) is 13.7. The first kappa shape index (κ1) is 22.0. The number of likely N-dealkylation sites (tertiary alicyclic amines) is 1. The fourth-order valence-corrected chi connectivity index (χ4v) is 5.56. The lowest BCUT2D eigenvalue weighted by atomic mass is 9.85. The fraction of sp³-hybridized carbons (Fsp3) is 0.750. The van der Waals surface area contributed by atoms with Crippen LogP contribution in [-0.2, 0) is 24.4 Å². The molecule has 3 unspecified atom stereocenters. The largest absolute Gasteiger partial charge is 0.338 e. The highest BCUT2D eigenvalue weighted by Gasteiger charge is 2.51. The number of nitrogens with zero attached hydrogens (tertiary/aromatic N) is 3. The summed E-state index contributed by atoms with van der Waals surface area (Å²) in [6.07, 6.45) is 5.37. The van der Waals surface area contributed by atoms with Crippen LogP contribution < -0.4 is 0 Å². The molecule has 0 bridgehead atoms. The van der Waals surface area contributed by atoms with Crippen LogP contribution in [0.5, 0.6) is 0 Å². The summed E-state index contributed by atoms with van der Waals surface area (Å²) in [7, 11) is -3.29. The highest BCUT2D eigenvalue weighted by atomic mass is 32.2. The molecule has 3 amide bonds. The molecule has 2 heterocycles. The van der Waals surface area contributed by atoms with E-state index in [1.165, 1.54) is 9.21 Å². The van der Waals surface area contributed by atoms with Gasteiger partial charge in [0.25, 0.3) is 0 Å². The van der Waals surface area contributed by atoms with Gasteiger partial charge < -0.3 is 4.90 Å². The zero-order valence-corrected chi connectivity index (χ0v) is 18.2. The van der Waals surface area contributed by atoms with Crippen LogP contribution >= 0.6 is 0 Å². The van der Waals surface area contributed by atoms with Crippen LogP contribution in [0.4, 0.5) is 0 Å². The van der Waals surface area contributed by atoms with E-state index in [2.05, 4.69) is 0 Å². The summed E-state index contributed by atoms with van der Waals surface area (Å²) in [6.45, 7) is 6.57. The number of hydrogen-bond acceptors (Lipinski definition) is 5. The molecular formula is C20H31N3O5S. The van der Waals surface area contributed by atoms with Crippen molar-refractivity contribution in [3.63, 3.8) is 0 Å². The second-order valence-corrected chi connectivity index (χ2v) is 10.7. The Kier molecular flexibility index (Phi) is 6.48. The molecule has 0 saturated carbocycles. The van der Waals surface area contributed by atoms with Gasteiger partial charge in [-0.2, -0.15) is 4.31 Å². The molecule has 2 saturated heterocycles. The van der Waals surface area contributed by atoms with E-state index in [9.17, 15) is 22.8 Å². The van der Waals surface area contributed by atoms with Gasteiger partial charge >= 0.3 is 0 Å². The Morgan fingerprint density at radius 1 is 1.03 bits per heavy atom. The molecule has 2 fully saturated rings. The van der Waals surface area contributed by atoms with Crippen molar-refractivity contribution >= 4 is 27.7 Å². The monoisotopic (exact) mass is 425 g/mol. The summed E-state index contributed by atoms with van der Waals surface area (Å²) in [4.78, 5) is 42.2. The molecule has 0 aromatic rings. The van der Waals surface area contributed by atoms with Crippen molar-refractivity contribution in [2.45, 2.75) is 46.1 Å². The summed E-state index contributed by atoms with van der Waals surface area (Å²) in [6, 6.07) is -0.810. The van der Waals surface area contributed by atoms with Crippen LogP contribution in [0.1, 0.15) is 40.0 Å². The number of carbonyl (C=O) groups is 3. The molecule has 3 rings (SSSR count). The first-order valence-electron chi connectivity index (χ1n) is 10.5. The van der Waals surface area contributed by atoms with E-state index in [4.69, 9.17) is 0 Å². The van der Waals surface area contributed by atoms with Crippen molar-refractivity contribution in [1.29, 1.82) is 0 Å². The predicted octanol–water partition coefficient (Wildman–Crippen LogP) is 0.846. The molecule has 1 aliphatic carbocycles. The summed E-state index contributed by atoms with van der Waals surface area (Å²) in [5.41, 5.74) is 0. The lowest BCUT2D eigenvalue weighted by Crippen LogP contribution is -2.57. The van der Waals surface area contributed by atoms with Crippen LogP contribution in [0.3, 0.4) is 0 Å². The van der Waals surface area contributed by atoms with Gasteiger partial charge in [0.2, 0.25) is 27.7 Å². The topological polar surface area (TPSA) is 95.1 Å². The molecule has 0 aromatic heterocycles. The Bertz CT molecular complexity index is 773. The maximum atomic E-state index is 13.3. The summed E-state index contributed by atoms with van der Waals surface area (Å²) < 4.78 is 25.5. The average Bonchev–Trinajstić information content (AvgIpc) is 2.96. The average molecular weight is 426 g/mol. The molecule has 0 spiro atoms. The van der Waals surface area contributed by atoms with Gasteiger partial charge in [-0.25, -0.2) is 8.42 Å². The predicted molar refractivity (Wildman–Crippen MR) is 108 cm³/mol. The number of piperazine rings is 1. The van der Waals surface area contributed by atoms with E-state index in [1.54, 1.807) is 11.8 Å². The molecule has 3 aliphatic rings. The minimum Gasteiger partial charge on any atom is -0.338 e. The second kappa shape index (κ2) is 8.55. The van der Waals surface area contributed by atoms with Gasteiger partial charge in [-0.1, -0.05) is 26.0 Å². The standard InChI is InChI=1S/C20H31N3O5S/c1-4-29(27,28)22-11-9-21(10-12-22)20(26)17(13-14(2)3)23-18(24)15-7-5-6-8-16(15)19(23)25/h5-6,14-17H,4,7-13H2,1-3H3. The first-order valence-corrected chi connectivity index (χ1v) is 12.1. The van der Waals surface area contributed by atoms with Gasteiger partial charge in [-0.3, -0.25) is 19.3 Å². The fourth-order valence-electron chi connectivity index (χ4n) is 4.48. The molecule has 8 nitrogen and oxygen atoms in total. The van der Waals surface area contributed by atoms with E-state index >= 15 is 0 Å². The number of rotatable bonds is 6. The SMILES string of the molecule is CCS(=O)(=O)N1CCN(C(=O)C(CC(C)C)N2C(=O)C3CC=CCC3C2=O)CC1. The number of carbonyl (C=O) groups excluding carboxylic acids is 3. The summed E-state index contributed by atoms with van der Waals surface area (Å²) >= 11 is 0. The minimum absolute atomic E-state index is 0.0323. The van der Waals surface area contributed by atoms with Crippen LogP contribution in [-0.4, -0.2) is 78.2 Å². The van der Waals surface area contributed by atoms with Gasteiger partial charge in [0.1, 0.15) is 6.04 Å². The number of imide groups is 1. The third-order valence-corrected chi connectivity index (χ3v) is 8.02. The second-order valence-electron chi connectivity index (χ2n) is 8.47. The highest BCUT2D eigenvalue weighted by Crippen LogP contribution is 2.37. The molecule has 0 radical (unpaired) electrons. The number of hydrogen-bond donors (Lipinski definition) is 0. The van der Waals surface area contributed by atoms with Crippen molar-refractivity contribution in [3.8, 4) is 0 Å². The van der Waals surface area contributed by atoms with Gasteiger partial charge in [0.15, 0.2) is 0 Å². The zero-order valence-electron chi connectivity index (χ0n) is 17.4. The summed E-state index contributed by atoms with van der Waals surface area (Å²) in [5, 5.41) is 0. The van der Waals surface area contributed by atoms with Crippen molar-refractivity contribution in [3.05, 3.63) is 12.2 Å². The smallest absolute Gasteiger partial charge is 0.245 e. The highest BCUT2D eigenvalue weighted by molar-refractivity contribution is 7.89. The Hall–Kier alpha value is -1.74. The van der Waals surface area contributed by atoms with Crippen molar-refractivity contribution in [1.82, 2.24) is 14.1 Å². The van der Waals surface area contributed by atoms with E-state index in [1.807, 2.05) is 26.0 Å². The Morgan fingerprint density at radius 2 is 1.55 bits per heavy atom. The molecule has 0 N–H and O–H groups in total. The van der Waals surface area contributed by atoms with Crippen LogP contribution in [0.15, 0.2) is 12.2 Å². The number of sulfonamides is 1. The maximum absolute atomic E-state index is 13.3. The lowest BCUT2D eigenvalue weighted by Gasteiger charge is -2.37. The zero-order chi connectivity index (χ0) is 21.3. The molecule has 0 aromatic carbocycles. The Balaban J connectivity index is 1.77. The van der Waals surface area contributed by atoms with Crippen LogP contribution in [0.25, 0.3) is 0 Å². The molecule has 162 valence electrons. The van der Waals surface area contributed by atoms with Crippen molar-refractivity contribution < 1.29 is 22.8 Å². The van der Waals surface area contributed by atoms with Crippen molar-refractivity contribution in [2.24, 2.45) is 17.8 Å². The molecule has 9 heteroatoms. The molecule has 2 aliphatic heterocycles. The minimum atomic E-state index is -3.29. The van der Waals surface area contributed by atoms with Crippen molar-refractivity contribution in [2.75, 3.05) is 31.9 Å². The maximum Gasteiger partial charge on any atom is 0.245 e. The molecular weight excluding hydrogens is 394 g/mol. The normalized spacial score (nSPS) is 26.9. The van der Waals surface area contributed by atoms with Gasteiger partial charge in [0, 0.05) is 26.2 Å². The quantitative estimate of drug-likeness (QED) is 0.464. The van der Waals surface area contributed by atoms with E-state index in [0.29, 0.717) is 19.3 Å². The van der Waals surface area contributed by atoms with E-state index in [-0.39, 0.29) is 67.4 Å². The third kappa shape index (κ3) is 4.26. The van der Waals surface area contributed by atoms with Crippen LogP contribution in [0, 0.1) is 17.8 Å². The Morgan fingerprint density at radius 3 is 2.00 bits per heavy atom. The number of fused-ring (bicyclic) bond motifs is 1.